The molecule has 0 saturated carbocycles. The summed E-state index contributed by atoms with van der Waals surface area (Å²) in [7, 11) is 4.78. The van der Waals surface area contributed by atoms with Crippen molar-refractivity contribution in [3.05, 3.63) is 82.6 Å². The molecule has 0 amide bonds. The van der Waals surface area contributed by atoms with E-state index in [-0.39, 0.29) is 11.4 Å². The molecule has 2 heterocycles. The number of anilines is 1. The Balaban J connectivity index is 1.77. The molecule has 0 radical (unpaired) electrons. The van der Waals surface area contributed by atoms with Gasteiger partial charge in [-0.25, -0.2) is 4.68 Å². The van der Waals surface area contributed by atoms with Crippen LogP contribution in [0.5, 0.6) is 17.2 Å². The maximum absolute atomic E-state index is 13.8. The van der Waals surface area contributed by atoms with Crippen LogP contribution in [0.3, 0.4) is 0 Å². The molecule has 0 saturated heterocycles. The number of para-hydroxylation sites is 1. The van der Waals surface area contributed by atoms with Crippen LogP contribution in [0, 0.1) is 0 Å². The molecule has 3 aromatic carbocycles. The Morgan fingerprint density at radius 2 is 1.59 bits per heavy atom. The van der Waals surface area contributed by atoms with Crippen molar-refractivity contribution in [2.75, 3.05) is 27.1 Å². The molecule has 0 bridgehead atoms. The summed E-state index contributed by atoms with van der Waals surface area (Å²) in [5.41, 5.74) is 9.20. The van der Waals surface area contributed by atoms with Gasteiger partial charge in [0.2, 0.25) is 0 Å². The summed E-state index contributed by atoms with van der Waals surface area (Å²) in [6.45, 7) is 0.381. The number of ether oxygens (including phenoxy) is 3. The molecule has 0 unspecified atom stereocenters. The Labute approximate surface area is 195 Å². The van der Waals surface area contributed by atoms with E-state index < -0.39 is 0 Å². The van der Waals surface area contributed by atoms with Crippen molar-refractivity contribution in [2.45, 2.75) is 6.54 Å². The van der Waals surface area contributed by atoms with Gasteiger partial charge in [-0.3, -0.25) is 4.79 Å². The molecule has 0 atom stereocenters. The molecule has 2 aromatic heterocycles. The fourth-order valence-electron chi connectivity index (χ4n) is 4.20. The van der Waals surface area contributed by atoms with Crippen LogP contribution in [0.15, 0.2) is 71.5 Å². The van der Waals surface area contributed by atoms with E-state index in [1.54, 1.807) is 44.1 Å². The van der Waals surface area contributed by atoms with Crippen molar-refractivity contribution in [1.82, 2.24) is 14.3 Å². The van der Waals surface area contributed by atoms with Gasteiger partial charge in [-0.05, 0) is 35.9 Å². The number of pyridine rings is 1. The van der Waals surface area contributed by atoms with Gasteiger partial charge < -0.3 is 24.5 Å². The maximum Gasteiger partial charge on any atom is 0.264 e. The van der Waals surface area contributed by atoms with Crippen molar-refractivity contribution in [3.63, 3.8) is 0 Å². The molecule has 5 aromatic rings. The van der Waals surface area contributed by atoms with Crippen LogP contribution >= 0.6 is 0 Å². The molecule has 0 fully saturated rings. The molecular formula is C26H24N4O4. The number of nitrogen functional groups attached to an aromatic ring is 1. The summed E-state index contributed by atoms with van der Waals surface area (Å²) in [5.74, 6) is 2.18. The number of hydrogen-bond donors (Lipinski definition) is 1. The van der Waals surface area contributed by atoms with Gasteiger partial charge in [0.15, 0.2) is 0 Å². The van der Waals surface area contributed by atoms with E-state index in [4.69, 9.17) is 25.0 Å². The van der Waals surface area contributed by atoms with Gasteiger partial charge in [0.05, 0.1) is 33.4 Å². The highest BCUT2D eigenvalue weighted by atomic mass is 16.5. The minimum absolute atomic E-state index is 0.213. The Bertz CT molecular complexity index is 1570. The standard InChI is InChI=1S/C26H24N4O4/c1-32-17-10-8-16(9-11-17)15-29-20-7-5-4-6-19(20)24-23(26(29)31)25(27)30(28-24)21-14-18(33-2)12-13-22(21)34-3/h4-14H,15,27H2,1-3H3. The van der Waals surface area contributed by atoms with Crippen molar-refractivity contribution >= 4 is 27.6 Å². The topological polar surface area (TPSA) is 93.5 Å². The van der Waals surface area contributed by atoms with E-state index in [9.17, 15) is 4.79 Å². The number of hydrogen-bond acceptors (Lipinski definition) is 6. The lowest BCUT2D eigenvalue weighted by atomic mass is 10.1. The summed E-state index contributed by atoms with van der Waals surface area (Å²) in [6.07, 6.45) is 0. The van der Waals surface area contributed by atoms with E-state index >= 15 is 0 Å². The van der Waals surface area contributed by atoms with Crippen molar-refractivity contribution < 1.29 is 14.2 Å². The van der Waals surface area contributed by atoms with Gasteiger partial charge in [0, 0.05) is 11.5 Å². The number of rotatable bonds is 6. The second kappa shape index (κ2) is 8.47. The van der Waals surface area contributed by atoms with Crippen LogP contribution in [0.25, 0.3) is 27.5 Å². The van der Waals surface area contributed by atoms with Crippen molar-refractivity contribution in [1.29, 1.82) is 0 Å². The molecule has 8 nitrogen and oxygen atoms in total. The Kier molecular flexibility index (Phi) is 5.33. The molecule has 172 valence electrons. The van der Waals surface area contributed by atoms with Crippen LogP contribution in [0.2, 0.25) is 0 Å². The van der Waals surface area contributed by atoms with Crippen LogP contribution in [-0.4, -0.2) is 35.7 Å². The fourth-order valence-corrected chi connectivity index (χ4v) is 4.20. The number of fused-ring (bicyclic) bond motifs is 3. The minimum atomic E-state index is -0.213. The average Bonchev–Trinajstić information content (AvgIpc) is 3.23. The zero-order chi connectivity index (χ0) is 23.8. The summed E-state index contributed by atoms with van der Waals surface area (Å²) in [5, 5.41) is 5.94. The number of aromatic nitrogens is 3. The lowest BCUT2D eigenvalue weighted by Crippen LogP contribution is -2.22. The van der Waals surface area contributed by atoms with Crippen LogP contribution in [0.4, 0.5) is 5.82 Å². The second-order valence-electron chi connectivity index (χ2n) is 7.81. The summed E-state index contributed by atoms with van der Waals surface area (Å²) < 4.78 is 19.4. The fraction of sp³-hybridized carbons (Fsp3) is 0.154. The SMILES string of the molecule is COc1ccc(Cn2c(=O)c3c(N)n(-c4cc(OC)ccc4OC)nc3c3ccccc32)cc1. The third-order valence-corrected chi connectivity index (χ3v) is 5.94. The highest BCUT2D eigenvalue weighted by Crippen LogP contribution is 2.33. The first-order chi connectivity index (χ1) is 16.5. The highest BCUT2D eigenvalue weighted by molar-refractivity contribution is 6.07. The molecule has 0 aliphatic carbocycles. The first-order valence-corrected chi connectivity index (χ1v) is 10.7. The summed E-state index contributed by atoms with van der Waals surface area (Å²) in [4.78, 5) is 13.8. The van der Waals surface area contributed by atoms with E-state index in [0.717, 1.165) is 22.2 Å². The van der Waals surface area contributed by atoms with Crippen LogP contribution < -0.4 is 25.5 Å². The molecule has 0 aliphatic heterocycles. The number of nitrogens with zero attached hydrogens (tertiary/aromatic N) is 3. The quantitative estimate of drug-likeness (QED) is 0.415. The van der Waals surface area contributed by atoms with Gasteiger partial charge in [-0.15, -0.1) is 0 Å². The normalized spacial score (nSPS) is 11.1. The summed E-state index contributed by atoms with van der Waals surface area (Å²) >= 11 is 0. The zero-order valence-electron chi connectivity index (χ0n) is 19.1. The predicted molar refractivity (Wildman–Crippen MR) is 132 cm³/mol. The number of nitrogens with two attached hydrogens (primary N) is 1. The lowest BCUT2D eigenvalue weighted by Gasteiger charge is -2.12. The second-order valence-corrected chi connectivity index (χ2v) is 7.81. The Hall–Kier alpha value is -4.46. The number of methoxy groups -OCH3 is 3. The van der Waals surface area contributed by atoms with Gasteiger partial charge in [0.1, 0.15) is 39.7 Å². The van der Waals surface area contributed by atoms with Crippen molar-refractivity contribution in [3.8, 4) is 22.9 Å². The van der Waals surface area contributed by atoms with E-state index in [0.29, 0.717) is 34.6 Å². The molecule has 0 spiro atoms. The van der Waals surface area contributed by atoms with Gasteiger partial charge in [0.25, 0.3) is 5.56 Å². The Morgan fingerprint density at radius 1 is 0.882 bits per heavy atom. The van der Waals surface area contributed by atoms with Crippen LogP contribution in [-0.2, 0) is 6.54 Å². The zero-order valence-corrected chi connectivity index (χ0v) is 19.1. The molecule has 5 rings (SSSR count). The third-order valence-electron chi connectivity index (χ3n) is 5.94. The largest absolute Gasteiger partial charge is 0.497 e. The lowest BCUT2D eigenvalue weighted by molar-refractivity contribution is 0.401. The third kappa shape index (κ3) is 3.40. The van der Waals surface area contributed by atoms with E-state index in [1.807, 2.05) is 48.5 Å². The Morgan fingerprint density at radius 3 is 2.29 bits per heavy atom. The van der Waals surface area contributed by atoms with Gasteiger partial charge in [-0.1, -0.05) is 30.3 Å². The van der Waals surface area contributed by atoms with Gasteiger partial charge in [-0.2, -0.15) is 5.10 Å². The van der Waals surface area contributed by atoms with Crippen LogP contribution in [0.1, 0.15) is 5.56 Å². The minimum Gasteiger partial charge on any atom is -0.497 e. The molecule has 0 aliphatic rings. The summed E-state index contributed by atoms with van der Waals surface area (Å²) in [6, 6.07) is 20.7. The van der Waals surface area contributed by atoms with Crippen molar-refractivity contribution in [2.24, 2.45) is 0 Å². The smallest absolute Gasteiger partial charge is 0.264 e. The molecule has 8 heteroatoms. The average molecular weight is 457 g/mol. The van der Waals surface area contributed by atoms with E-state index in [2.05, 4.69) is 0 Å². The highest BCUT2D eigenvalue weighted by Gasteiger charge is 2.21. The predicted octanol–water partition coefficient (Wildman–Crippen LogP) is 4.00. The first kappa shape index (κ1) is 21.4. The maximum atomic E-state index is 13.8. The van der Waals surface area contributed by atoms with E-state index in [1.165, 1.54) is 4.68 Å². The molecular weight excluding hydrogens is 432 g/mol. The molecule has 34 heavy (non-hydrogen) atoms. The van der Waals surface area contributed by atoms with Gasteiger partial charge >= 0.3 is 0 Å². The number of benzene rings is 3. The monoisotopic (exact) mass is 456 g/mol. The first-order valence-electron chi connectivity index (χ1n) is 10.7. The molecule has 2 N–H and O–H groups in total.